The van der Waals surface area contributed by atoms with E-state index in [1.807, 2.05) is 0 Å². The van der Waals surface area contributed by atoms with Crippen LogP contribution < -0.4 is 5.32 Å². The Morgan fingerprint density at radius 3 is 2.30 bits per heavy atom. The van der Waals surface area contributed by atoms with Gasteiger partial charge in [-0.05, 0) is 42.9 Å². The Morgan fingerprint density at radius 2 is 1.70 bits per heavy atom. The molecule has 1 aromatic rings. The summed E-state index contributed by atoms with van der Waals surface area (Å²) < 4.78 is 0. The van der Waals surface area contributed by atoms with E-state index < -0.39 is 0 Å². The highest BCUT2D eigenvalue weighted by molar-refractivity contribution is 6.35. The van der Waals surface area contributed by atoms with Crippen LogP contribution in [0.3, 0.4) is 0 Å². The molecule has 20 heavy (non-hydrogen) atoms. The van der Waals surface area contributed by atoms with Crippen molar-refractivity contribution < 1.29 is 4.79 Å². The third kappa shape index (κ3) is 4.28. The molecule has 2 unspecified atom stereocenters. The van der Waals surface area contributed by atoms with Crippen molar-refractivity contribution >= 4 is 40.7 Å². The van der Waals surface area contributed by atoms with Crippen LogP contribution in [-0.2, 0) is 0 Å². The van der Waals surface area contributed by atoms with Crippen molar-refractivity contribution in [2.45, 2.75) is 25.7 Å². The summed E-state index contributed by atoms with van der Waals surface area (Å²) in [4.78, 5) is 12.1. The number of alkyl halides is 1. The minimum atomic E-state index is -0.131. The van der Waals surface area contributed by atoms with Crippen LogP contribution in [0.4, 0.5) is 0 Å². The molecule has 0 spiro atoms. The molecule has 1 N–H and O–H groups in total. The van der Waals surface area contributed by atoms with Gasteiger partial charge in [0.2, 0.25) is 0 Å². The van der Waals surface area contributed by atoms with Crippen LogP contribution in [0.5, 0.6) is 0 Å². The standard InChI is InChI=1S/C15H18Cl3NO/c16-8-10-3-1-2-4-11(10)9-19-15(20)12-5-13(17)7-14(18)6-12/h5-7,10-11H,1-4,8-9H2,(H,19,20). The number of halogens is 3. The van der Waals surface area contributed by atoms with Crippen LogP contribution in [0.25, 0.3) is 0 Å². The number of benzene rings is 1. The topological polar surface area (TPSA) is 29.1 Å². The van der Waals surface area contributed by atoms with E-state index in [0.717, 1.165) is 12.8 Å². The molecule has 1 saturated carbocycles. The Labute approximate surface area is 134 Å². The zero-order valence-electron chi connectivity index (χ0n) is 11.2. The van der Waals surface area contributed by atoms with Crippen molar-refractivity contribution in [3.63, 3.8) is 0 Å². The summed E-state index contributed by atoms with van der Waals surface area (Å²) in [7, 11) is 0. The van der Waals surface area contributed by atoms with Gasteiger partial charge in [-0.3, -0.25) is 4.79 Å². The van der Waals surface area contributed by atoms with Crippen LogP contribution in [0, 0.1) is 11.8 Å². The van der Waals surface area contributed by atoms with E-state index in [4.69, 9.17) is 34.8 Å². The molecule has 0 radical (unpaired) electrons. The third-order valence-corrected chi connectivity index (χ3v) is 4.75. The van der Waals surface area contributed by atoms with Crippen molar-refractivity contribution in [1.82, 2.24) is 5.32 Å². The Hall–Kier alpha value is -0.440. The highest BCUT2D eigenvalue weighted by Crippen LogP contribution is 2.30. The summed E-state index contributed by atoms with van der Waals surface area (Å²) >= 11 is 17.8. The molecule has 5 heteroatoms. The number of nitrogens with one attached hydrogen (secondary N) is 1. The summed E-state index contributed by atoms with van der Waals surface area (Å²) in [6, 6.07) is 4.87. The van der Waals surface area contributed by atoms with Gasteiger partial charge in [0.05, 0.1) is 0 Å². The summed E-state index contributed by atoms with van der Waals surface area (Å²) in [6.07, 6.45) is 4.75. The maximum atomic E-state index is 12.1. The SMILES string of the molecule is O=C(NCC1CCCCC1CCl)c1cc(Cl)cc(Cl)c1. The van der Waals surface area contributed by atoms with Gasteiger partial charge in [0.25, 0.3) is 5.91 Å². The van der Waals surface area contributed by atoms with Gasteiger partial charge in [0.1, 0.15) is 0 Å². The smallest absolute Gasteiger partial charge is 0.251 e. The summed E-state index contributed by atoms with van der Waals surface area (Å²) in [5, 5.41) is 3.92. The Morgan fingerprint density at radius 1 is 1.10 bits per heavy atom. The molecule has 0 aromatic heterocycles. The first kappa shape index (κ1) is 15.9. The van der Waals surface area contributed by atoms with Crippen molar-refractivity contribution in [1.29, 1.82) is 0 Å². The predicted octanol–water partition coefficient (Wildman–Crippen LogP) is 4.77. The lowest BCUT2D eigenvalue weighted by Gasteiger charge is -2.30. The second kappa shape index (κ2) is 7.53. The fourth-order valence-electron chi connectivity index (χ4n) is 2.77. The summed E-state index contributed by atoms with van der Waals surface area (Å²) in [6.45, 7) is 0.667. The van der Waals surface area contributed by atoms with E-state index in [0.29, 0.717) is 39.9 Å². The van der Waals surface area contributed by atoms with Crippen molar-refractivity contribution in [3.05, 3.63) is 33.8 Å². The molecule has 0 bridgehead atoms. The molecule has 0 heterocycles. The minimum Gasteiger partial charge on any atom is -0.352 e. The van der Waals surface area contributed by atoms with E-state index >= 15 is 0 Å². The lowest BCUT2D eigenvalue weighted by molar-refractivity contribution is 0.0936. The number of carbonyl (C=O) groups excluding carboxylic acids is 1. The molecule has 0 saturated heterocycles. The van der Waals surface area contributed by atoms with Gasteiger partial charge in [-0.25, -0.2) is 0 Å². The van der Waals surface area contributed by atoms with Crippen LogP contribution >= 0.6 is 34.8 Å². The summed E-state index contributed by atoms with van der Waals surface area (Å²) in [5.41, 5.74) is 0.501. The first-order valence-electron chi connectivity index (χ1n) is 6.90. The fraction of sp³-hybridized carbons (Fsp3) is 0.533. The Bertz CT molecular complexity index is 458. The highest BCUT2D eigenvalue weighted by atomic mass is 35.5. The van der Waals surface area contributed by atoms with Gasteiger partial charge in [0, 0.05) is 28.0 Å². The molecule has 1 aromatic carbocycles. The maximum Gasteiger partial charge on any atom is 0.251 e. The number of amides is 1. The van der Waals surface area contributed by atoms with Crippen LogP contribution in [0.15, 0.2) is 18.2 Å². The molecule has 110 valence electrons. The van der Waals surface area contributed by atoms with Gasteiger partial charge >= 0.3 is 0 Å². The van der Waals surface area contributed by atoms with Crippen LogP contribution in [0.1, 0.15) is 36.0 Å². The largest absolute Gasteiger partial charge is 0.352 e. The Kier molecular flexibility index (Phi) is 6.01. The normalized spacial score (nSPS) is 22.6. The third-order valence-electron chi connectivity index (χ3n) is 3.91. The van der Waals surface area contributed by atoms with Crippen molar-refractivity contribution in [2.24, 2.45) is 11.8 Å². The van der Waals surface area contributed by atoms with Gasteiger partial charge in [-0.15, -0.1) is 11.6 Å². The zero-order chi connectivity index (χ0) is 14.5. The van der Waals surface area contributed by atoms with E-state index in [9.17, 15) is 4.79 Å². The van der Waals surface area contributed by atoms with Gasteiger partial charge in [0.15, 0.2) is 0 Å². The molecule has 1 aliphatic carbocycles. The van der Waals surface area contributed by atoms with Crippen LogP contribution in [0.2, 0.25) is 10.0 Å². The molecule has 1 fully saturated rings. The minimum absolute atomic E-state index is 0.131. The molecule has 0 aliphatic heterocycles. The number of rotatable bonds is 4. The predicted molar refractivity (Wildman–Crippen MR) is 85.0 cm³/mol. The molecule has 1 amide bonds. The number of carbonyl (C=O) groups is 1. The lowest BCUT2D eigenvalue weighted by atomic mass is 9.80. The molecule has 2 nitrogen and oxygen atoms in total. The van der Waals surface area contributed by atoms with Crippen molar-refractivity contribution in [3.8, 4) is 0 Å². The van der Waals surface area contributed by atoms with Crippen molar-refractivity contribution in [2.75, 3.05) is 12.4 Å². The number of hydrogen-bond donors (Lipinski definition) is 1. The highest BCUT2D eigenvalue weighted by Gasteiger charge is 2.24. The fourth-order valence-corrected chi connectivity index (χ4v) is 3.70. The second-order valence-electron chi connectivity index (χ2n) is 5.33. The quantitative estimate of drug-likeness (QED) is 0.790. The van der Waals surface area contributed by atoms with E-state index in [2.05, 4.69) is 5.32 Å². The van der Waals surface area contributed by atoms with E-state index in [1.54, 1.807) is 18.2 Å². The average Bonchev–Trinajstić information content (AvgIpc) is 2.44. The average molecular weight is 335 g/mol. The first-order valence-corrected chi connectivity index (χ1v) is 8.19. The second-order valence-corrected chi connectivity index (χ2v) is 6.51. The molecule has 1 aliphatic rings. The number of hydrogen-bond acceptors (Lipinski definition) is 1. The van der Waals surface area contributed by atoms with E-state index in [1.165, 1.54) is 12.8 Å². The lowest BCUT2D eigenvalue weighted by Crippen LogP contribution is -2.34. The first-order chi connectivity index (χ1) is 9.60. The zero-order valence-corrected chi connectivity index (χ0v) is 13.4. The maximum absolute atomic E-state index is 12.1. The molecule has 2 rings (SSSR count). The molecule has 2 atom stereocenters. The van der Waals surface area contributed by atoms with Crippen LogP contribution in [-0.4, -0.2) is 18.3 Å². The molecular weight excluding hydrogens is 317 g/mol. The summed E-state index contributed by atoms with van der Waals surface area (Å²) in [5.74, 6) is 1.52. The van der Waals surface area contributed by atoms with Gasteiger partial charge < -0.3 is 5.32 Å². The van der Waals surface area contributed by atoms with Gasteiger partial charge in [-0.1, -0.05) is 36.0 Å². The van der Waals surface area contributed by atoms with E-state index in [-0.39, 0.29) is 5.91 Å². The van der Waals surface area contributed by atoms with Gasteiger partial charge in [-0.2, -0.15) is 0 Å². The molecular formula is C15H18Cl3NO. The Balaban J connectivity index is 1.94. The monoisotopic (exact) mass is 333 g/mol.